The van der Waals surface area contributed by atoms with Crippen LogP contribution in [0, 0.1) is 0 Å². The van der Waals surface area contributed by atoms with Crippen molar-refractivity contribution in [3.05, 3.63) is 170 Å². The van der Waals surface area contributed by atoms with E-state index < -0.39 is 0 Å². The van der Waals surface area contributed by atoms with E-state index in [9.17, 15) is 0 Å². The summed E-state index contributed by atoms with van der Waals surface area (Å²) in [6.45, 7) is 0. The van der Waals surface area contributed by atoms with Crippen molar-refractivity contribution >= 4 is 43.7 Å². The van der Waals surface area contributed by atoms with E-state index in [1.807, 2.05) is 42.5 Å². The Morgan fingerprint density at radius 2 is 0.940 bits per heavy atom. The van der Waals surface area contributed by atoms with Crippen LogP contribution in [-0.2, 0) is 0 Å². The fourth-order valence-corrected chi connectivity index (χ4v) is 7.07. The summed E-state index contributed by atoms with van der Waals surface area (Å²) in [4.78, 5) is 15.3. The lowest BCUT2D eigenvalue weighted by Crippen LogP contribution is -2.06. The van der Waals surface area contributed by atoms with Crippen molar-refractivity contribution in [2.45, 2.75) is 0 Å². The highest BCUT2D eigenvalue weighted by molar-refractivity contribution is 6.18. The number of furan rings is 1. The number of fused-ring (bicyclic) bond motifs is 6. The van der Waals surface area contributed by atoms with Gasteiger partial charge in [-0.15, -0.1) is 0 Å². The zero-order valence-electron chi connectivity index (χ0n) is 26.9. The fourth-order valence-electron chi connectivity index (χ4n) is 7.07. The second-order valence-electron chi connectivity index (χ2n) is 12.5. The molecule has 0 atom stereocenters. The Kier molecular flexibility index (Phi) is 6.42. The second kappa shape index (κ2) is 11.4. The highest BCUT2D eigenvalue weighted by Crippen LogP contribution is 2.40. The van der Waals surface area contributed by atoms with Crippen molar-refractivity contribution < 1.29 is 4.42 Å². The summed E-state index contributed by atoms with van der Waals surface area (Å²) in [5.41, 5.74) is 10.1. The van der Waals surface area contributed by atoms with Gasteiger partial charge in [0, 0.05) is 38.2 Å². The van der Waals surface area contributed by atoms with Crippen LogP contribution in [0.25, 0.3) is 94.7 Å². The summed E-state index contributed by atoms with van der Waals surface area (Å²) in [6, 6.07) is 58.5. The molecule has 5 heteroatoms. The van der Waals surface area contributed by atoms with Crippen LogP contribution in [0.2, 0.25) is 0 Å². The number of para-hydroxylation sites is 2. The fraction of sp³-hybridized carbons (Fsp3) is 0. The predicted octanol–water partition coefficient (Wildman–Crippen LogP) is 11.5. The normalized spacial score (nSPS) is 11.6. The van der Waals surface area contributed by atoms with Gasteiger partial charge in [0.15, 0.2) is 11.6 Å². The molecule has 0 saturated carbocycles. The Labute approximate surface area is 287 Å². The average Bonchev–Trinajstić information content (AvgIpc) is 3.73. The first kappa shape index (κ1) is 28.2. The van der Waals surface area contributed by atoms with Crippen molar-refractivity contribution in [1.82, 2.24) is 19.5 Å². The van der Waals surface area contributed by atoms with E-state index in [2.05, 4.69) is 132 Å². The van der Waals surface area contributed by atoms with Gasteiger partial charge in [-0.05, 0) is 34.9 Å². The highest BCUT2D eigenvalue weighted by Gasteiger charge is 2.21. The van der Waals surface area contributed by atoms with Crippen molar-refractivity contribution in [1.29, 1.82) is 0 Å². The van der Waals surface area contributed by atoms with Crippen LogP contribution in [0.1, 0.15) is 0 Å². The van der Waals surface area contributed by atoms with Gasteiger partial charge in [0.25, 0.3) is 0 Å². The van der Waals surface area contributed by atoms with E-state index in [-0.39, 0.29) is 0 Å². The minimum absolute atomic E-state index is 0.560. The van der Waals surface area contributed by atoms with Crippen LogP contribution in [0.3, 0.4) is 0 Å². The largest absolute Gasteiger partial charge is 0.455 e. The molecule has 234 valence electrons. The molecule has 7 aromatic carbocycles. The summed E-state index contributed by atoms with van der Waals surface area (Å²) >= 11 is 0. The van der Waals surface area contributed by atoms with Crippen molar-refractivity contribution in [3.63, 3.8) is 0 Å². The molecule has 10 aromatic rings. The SMILES string of the molecule is c1ccc(-c2ccc(-c3nc(-c4ccccc4)nc(-n4c5ccccc5c5cc6oc7c(-c8ccccc8)cccc7c6cc54)n3)cc2)cc1. The minimum Gasteiger partial charge on any atom is -0.455 e. The smallest absolute Gasteiger partial charge is 0.238 e. The summed E-state index contributed by atoms with van der Waals surface area (Å²) in [7, 11) is 0. The van der Waals surface area contributed by atoms with Crippen LogP contribution < -0.4 is 0 Å². The minimum atomic E-state index is 0.560. The Hall–Kier alpha value is -6.85. The molecule has 3 heterocycles. The van der Waals surface area contributed by atoms with Crippen LogP contribution in [0.4, 0.5) is 0 Å². The van der Waals surface area contributed by atoms with Gasteiger partial charge in [-0.1, -0.05) is 152 Å². The molecule has 0 amide bonds. The number of aromatic nitrogens is 4. The topological polar surface area (TPSA) is 56.7 Å². The van der Waals surface area contributed by atoms with Crippen molar-refractivity contribution in [2.75, 3.05) is 0 Å². The third-order valence-electron chi connectivity index (χ3n) is 9.48. The van der Waals surface area contributed by atoms with Gasteiger partial charge in [0.05, 0.1) is 11.0 Å². The zero-order valence-corrected chi connectivity index (χ0v) is 26.9. The standard InChI is InChI=1S/C45H28N4O/c1-4-13-29(14-5-1)30-23-25-33(26-24-30)44-46-43(32-17-8-3-9-18-32)47-45(48-44)49-39-22-11-10-19-35(39)37-28-41-38(27-40(37)49)36-21-12-20-34(42(36)50-41)31-15-6-2-7-16-31/h1-28H. The van der Waals surface area contributed by atoms with Gasteiger partial charge >= 0.3 is 0 Å². The maximum atomic E-state index is 6.65. The molecule has 0 fully saturated rings. The third kappa shape index (κ3) is 4.60. The second-order valence-corrected chi connectivity index (χ2v) is 12.5. The Morgan fingerprint density at radius 3 is 1.66 bits per heavy atom. The molecule has 0 radical (unpaired) electrons. The van der Waals surface area contributed by atoms with Gasteiger partial charge < -0.3 is 4.42 Å². The molecule has 0 aliphatic rings. The summed E-state index contributed by atoms with van der Waals surface area (Å²) in [6.07, 6.45) is 0. The Bertz CT molecular complexity index is 2840. The number of benzene rings is 7. The molecule has 3 aromatic heterocycles. The molecule has 5 nitrogen and oxygen atoms in total. The molecule has 0 aliphatic heterocycles. The summed E-state index contributed by atoms with van der Waals surface area (Å²) < 4.78 is 8.82. The number of hydrogen-bond donors (Lipinski definition) is 0. The lowest BCUT2D eigenvalue weighted by atomic mass is 10.0. The first-order valence-corrected chi connectivity index (χ1v) is 16.7. The maximum absolute atomic E-state index is 6.65. The van der Waals surface area contributed by atoms with Gasteiger partial charge in [-0.3, -0.25) is 4.57 Å². The van der Waals surface area contributed by atoms with Crippen LogP contribution in [-0.4, -0.2) is 19.5 Å². The van der Waals surface area contributed by atoms with E-state index in [0.29, 0.717) is 17.6 Å². The van der Waals surface area contributed by atoms with Crippen LogP contribution >= 0.6 is 0 Å². The zero-order chi connectivity index (χ0) is 33.0. The molecule has 0 saturated heterocycles. The first-order valence-electron chi connectivity index (χ1n) is 16.7. The highest BCUT2D eigenvalue weighted by atomic mass is 16.3. The van der Waals surface area contributed by atoms with Gasteiger partial charge in [0.2, 0.25) is 5.95 Å². The molecule has 50 heavy (non-hydrogen) atoms. The van der Waals surface area contributed by atoms with Gasteiger partial charge in [-0.25, -0.2) is 4.98 Å². The molecular weight excluding hydrogens is 613 g/mol. The molecule has 0 aliphatic carbocycles. The number of hydrogen-bond acceptors (Lipinski definition) is 4. The molecule has 10 rings (SSSR count). The first-order chi connectivity index (χ1) is 24.8. The Morgan fingerprint density at radius 1 is 0.380 bits per heavy atom. The van der Waals surface area contributed by atoms with Gasteiger partial charge in [-0.2, -0.15) is 9.97 Å². The summed E-state index contributed by atoms with van der Waals surface area (Å²) in [5, 5.41) is 4.29. The van der Waals surface area contributed by atoms with E-state index in [1.54, 1.807) is 0 Å². The number of rotatable bonds is 5. The average molecular weight is 641 g/mol. The number of nitrogens with zero attached hydrogens (tertiary/aromatic N) is 4. The monoisotopic (exact) mass is 640 g/mol. The van der Waals surface area contributed by atoms with E-state index in [4.69, 9.17) is 19.4 Å². The Balaban J connectivity index is 1.22. The van der Waals surface area contributed by atoms with Crippen LogP contribution in [0.15, 0.2) is 174 Å². The lowest BCUT2D eigenvalue weighted by Gasteiger charge is -2.11. The molecular formula is C45H28N4O. The molecule has 0 bridgehead atoms. The van der Waals surface area contributed by atoms with E-state index in [1.165, 1.54) is 5.56 Å². The third-order valence-corrected chi connectivity index (χ3v) is 9.48. The molecule has 0 spiro atoms. The van der Waals surface area contributed by atoms with Crippen LogP contribution in [0.5, 0.6) is 0 Å². The van der Waals surface area contributed by atoms with Crippen molar-refractivity contribution in [3.8, 4) is 51.0 Å². The quantitative estimate of drug-likeness (QED) is 0.188. The van der Waals surface area contributed by atoms with Crippen molar-refractivity contribution in [2.24, 2.45) is 0 Å². The predicted molar refractivity (Wildman–Crippen MR) is 203 cm³/mol. The van der Waals surface area contributed by atoms with E-state index >= 15 is 0 Å². The lowest BCUT2D eigenvalue weighted by molar-refractivity contribution is 0.670. The maximum Gasteiger partial charge on any atom is 0.238 e. The van der Waals surface area contributed by atoms with Gasteiger partial charge in [0.1, 0.15) is 11.2 Å². The molecule has 0 unspecified atom stereocenters. The summed E-state index contributed by atoms with van der Waals surface area (Å²) in [5.74, 6) is 1.79. The van der Waals surface area contributed by atoms with E-state index in [0.717, 1.165) is 71.6 Å². The molecule has 0 N–H and O–H groups in total.